The van der Waals surface area contributed by atoms with Crippen molar-refractivity contribution in [2.45, 2.75) is 431 Å². The maximum absolute atomic E-state index is 10.4. The standard InChI is InChI=1S/C68H138O4S.Na/c1-2-3-4-5-6-7-8-9-10-11-12-13-14-15-16-17-18-19-20-21-22-23-24-25-26-27-28-29-30-31-32-33-34-35-36-37-38-39-40-41-42-43-44-45-46-47-48-49-50-51-52-53-54-55-56-57-58-59-60-61-62-63-64-65-66-67-68-72-73(69,70)71;/h2-68H2,1H3,(H,69,70,71);/q;+1/p-1. The van der Waals surface area contributed by atoms with E-state index < -0.39 is 10.4 Å². The summed E-state index contributed by atoms with van der Waals surface area (Å²) >= 11 is 0. The van der Waals surface area contributed by atoms with Crippen molar-refractivity contribution < 1.29 is 46.7 Å². The van der Waals surface area contributed by atoms with Crippen LogP contribution in [0, 0.1) is 0 Å². The molecule has 0 bridgehead atoms. The van der Waals surface area contributed by atoms with Crippen molar-refractivity contribution in [2.24, 2.45) is 0 Å². The van der Waals surface area contributed by atoms with Gasteiger partial charge in [0.2, 0.25) is 10.4 Å². The molecule has 440 valence electrons. The predicted octanol–water partition coefficient (Wildman–Crippen LogP) is 22.2. The molecule has 0 aliphatic rings. The van der Waals surface area contributed by atoms with E-state index in [9.17, 15) is 13.0 Å². The van der Waals surface area contributed by atoms with Crippen LogP contribution in [0.25, 0.3) is 0 Å². The number of rotatable bonds is 68. The van der Waals surface area contributed by atoms with Crippen molar-refractivity contribution in [3.63, 3.8) is 0 Å². The van der Waals surface area contributed by atoms with Crippen LogP contribution in [0.3, 0.4) is 0 Å². The third kappa shape index (κ3) is 74.9. The third-order valence-electron chi connectivity index (χ3n) is 16.7. The summed E-state index contributed by atoms with van der Waals surface area (Å²) in [5.41, 5.74) is 0. The van der Waals surface area contributed by atoms with Gasteiger partial charge in [-0.3, -0.25) is 4.18 Å². The fourth-order valence-corrected chi connectivity index (χ4v) is 12.0. The van der Waals surface area contributed by atoms with E-state index >= 15 is 0 Å². The topological polar surface area (TPSA) is 66.4 Å². The summed E-state index contributed by atoms with van der Waals surface area (Å²) in [5.74, 6) is 0. The van der Waals surface area contributed by atoms with E-state index in [4.69, 9.17) is 0 Å². The van der Waals surface area contributed by atoms with Crippen LogP contribution in [-0.4, -0.2) is 19.6 Å². The largest absolute Gasteiger partial charge is 1.00 e. The Kier molecular flexibility index (Phi) is 72.8. The molecule has 0 amide bonds. The molecule has 74 heavy (non-hydrogen) atoms. The maximum Gasteiger partial charge on any atom is 1.00 e. The van der Waals surface area contributed by atoms with Crippen LogP contribution >= 0.6 is 0 Å². The van der Waals surface area contributed by atoms with Crippen LogP contribution in [0.4, 0.5) is 0 Å². The Bertz CT molecular complexity index is 1070. The second-order valence-corrected chi connectivity index (χ2v) is 25.3. The molecule has 0 aromatic rings. The molecule has 0 aromatic heterocycles. The molecule has 0 fully saturated rings. The number of hydrogen-bond donors (Lipinski definition) is 0. The van der Waals surface area contributed by atoms with Crippen molar-refractivity contribution in [2.75, 3.05) is 6.61 Å². The molecule has 0 saturated carbocycles. The van der Waals surface area contributed by atoms with Crippen LogP contribution < -0.4 is 29.6 Å². The van der Waals surface area contributed by atoms with Gasteiger partial charge in [0.15, 0.2) is 0 Å². The zero-order valence-electron chi connectivity index (χ0n) is 51.4. The first kappa shape index (κ1) is 76.9. The van der Waals surface area contributed by atoms with E-state index in [2.05, 4.69) is 11.1 Å². The van der Waals surface area contributed by atoms with E-state index in [-0.39, 0.29) is 36.2 Å². The van der Waals surface area contributed by atoms with Crippen LogP contribution in [0.5, 0.6) is 0 Å². The van der Waals surface area contributed by atoms with E-state index in [1.165, 1.54) is 405 Å². The van der Waals surface area contributed by atoms with Gasteiger partial charge in [0.1, 0.15) is 0 Å². The average Bonchev–Trinajstić information content (AvgIpc) is 3.38. The first-order valence-corrected chi connectivity index (χ1v) is 36.0. The first-order valence-electron chi connectivity index (χ1n) is 34.7. The predicted molar refractivity (Wildman–Crippen MR) is 326 cm³/mol. The normalized spacial score (nSPS) is 11.8. The molecule has 0 heterocycles. The van der Waals surface area contributed by atoms with E-state index in [1.54, 1.807) is 0 Å². The minimum atomic E-state index is -4.51. The minimum absolute atomic E-state index is 0. The summed E-state index contributed by atoms with van der Waals surface area (Å²) in [6.07, 6.45) is 94.7. The molecule has 0 unspecified atom stereocenters. The Morgan fingerprint density at radius 1 is 0.203 bits per heavy atom. The fraction of sp³-hybridized carbons (Fsp3) is 1.00. The zero-order chi connectivity index (χ0) is 52.6. The molecule has 0 spiro atoms. The van der Waals surface area contributed by atoms with Crippen molar-refractivity contribution >= 4 is 10.4 Å². The third-order valence-corrected chi connectivity index (χ3v) is 17.2. The van der Waals surface area contributed by atoms with Crippen LogP contribution in [0.1, 0.15) is 431 Å². The Labute approximate surface area is 491 Å². The van der Waals surface area contributed by atoms with Gasteiger partial charge in [0.25, 0.3) is 0 Å². The Morgan fingerprint density at radius 3 is 0.392 bits per heavy atom. The Morgan fingerprint density at radius 2 is 0.297 bits per heavy atom. The molecule has 0 aromatic carbocycles. The van der Waals surface area contributed by atoms with Gasteiger partial charge in [0, 0.05) is 0 Å². The summed E-state index contributed by atoms with van der Waals surface area (Å²) in [6.45, 7) is 2.35. The fourth-order valence-electron chi connectivity index (χ4n) is 11.6. The van der Waals surface area contributed by atoms with Gasteiger partial charge in [-0.2, -0.15) is 0 Å². The molecule has 4 nitrogen and oxygen atoms in total. The van der Waals surface area contributed by atoms with Crippen molar-refractivity contribution in [3.05, 3.63) is 0 Å². The van der Waals surface area contributed by atoms with Gasteiger partial charge < -0.3 is 4.55 Å². The van der Waals surface area contributed by atoms with Crippen LogP contribution in [0.15, 0.2) is 0 Å². The van der Waals surface area contributed by atoms with E-state index in [0.717, 1.165) is 12.8 Å². The maximum atomic E-state index is 10.4. The quantitative estimate of drug-likeness (QED) is 0.0263. The van der Waals surface area contributed by atoms with Crippen LogP contribution in [0.2, 0.25) is 0 Å². The molecule has 0 atom stereocenters. The Balaban J connectivity index is 0. The van der Waals surface area contributed by atoms with Gasteiger partial charge in [-0.1, -0.05) is 424 Å². The van der Waals surface area contributed by atoms with E-state index in [1.807, 2.05) is 0 Å². The van der Waals surface area contributed by atoms with Crippen molar-refractivity contribution in [3.8, 4) is 0 Å². The minimum Gasteiger partial charge on any atom is -0.726 e. The van der Waals surface area contributed by atoms with Gasteiger partial charge in [0.05, 0.1) is 6.61 Å². The zero-order valence-corrected chi connectivity index (χ0v) is 54.2. The SMILES string of the molecule is CCCCCCCCCCCCCCCCCCCCCCCCCCCCCCCCCCCCCCCCCCCCCCCCCCCCCCCCCCCCCCCCCCCCOS(=O)(=O)[O-].[Na+]. The van der Waals surface area contributed by atoms with Crippen molar-refractivity contribution in [1.82, 2.24) is 0 Å². The average molecular weight is 1070 g/mol. The van der Waals surface area contributed by atoms with Gasteiger partial charge >= 0.3 is 29.6 Å². The molecular weight excluding hydrogens is 936 g/mol. The molecule has 0 rings (SSSR count). The second kappa shape index (κ2) is 70.0. The van der Waals surface area contributed by atoms with Gasteiger partial charge in [-0.05, 0) is 6.42 Å². The molecule has 0 radical (unpaired) electrons. The molecule has 0 N–H and O–H groups in total. The summed E-state index contributed by atoms with van der Waals surface area (Å²) < 4.78 is 35.4. The molecular formula is C68H137NaO4S. The summed E-state index contributed by atoms with van der Waals surface area (Å²) in [6, 6.07) is 0. The summed E-state index contributed by atoms with van der Waals surface area (Å²) in [7, 11) is -4.51. The van der Waals surface area contributed by atoms with E-state index in [0.29, 0.717) is 6.42 Å². The summed E-state index contributed by atoms with van der Waals surface area (Å²) in [4.78, 5) is 0. The summed E-state index contributed by atoms with van der Waals surface area (Å²) in [5, 5.41) is 0. The van der Waals surface area contributed by atoms with Crippen molar-refractivity contribution in [1.29, 1.82) is 0 Å². The molecule has 0 aliphatic heterocycles. The Hall–Kier alpha value is 0.870. The molecule has 6 heteroatoms. The number of unbranched alkanes of at least 4 members (excludes halogenated alkanes) is 65. The second-order valence-electron chi connectivity index (χ2n) is 24.2. The van der Waals surface area contributed by atoms with Gasteiger partial charge in [-0.25, -0.2) is 8.42 Å². The smallest absolute Gasteiger partial charge is 0.726 e. The van der Waals surface area contributed by atoms with Crippen LogP contribution in [-0.2, 0) is 14.6 Å². The number of hydrogen-bond acceptors (Lipinski definition) is 4. The molecule has 0 aliphatic carbocycles. The molecule has 0 saturated heterocycles. The first-order chi connectivity index (χ1) is 36.1. The monoisotopic (exact) mass is 1070 g/mol. The van der Waals surface area contributed by atoms with Gasteiger partial charge in [-0.15, -0.1) is 0 Å².